The summed E-state index contributed by atoms with van der Waals surface area (Å²) in [6.45, 7) is 1.21. The molecular weight excluding hydrogens is 889 g/mol. The van der Waals surface area contributed by atoms with Crippen LogP contribution in [0, 0.1) is 11.3 Å². The molecule has 0 bridgehead atoms. The molecule has 0 aromatic carbocycles. The number of cyclic esters (lactones) is 2. The highest BCUT2D eigenvalue weighted by molar-refractivity contribution is 5.80. The van der Waals surface area contributed by atoms with Crippen molar-refractivity contribution in [3.63, 3.8) is 0 Å². The lowest BCUT2D eigenvalue weighted by Crippen LogP contribution is -2.40. The van der Waals surface area contributed by atoms with Gasteiger partial charge in [-0.1, -0.05) is 334 Å². The molecule has 1 rings (SSSR count). The standard InChI is InChI=1S/C66H126O6/c1-2-3-4-5-6-7-8-9-10-11-12-13-14-15-16-17-18-19-20-21-22-23-24-25-26-27-28-29-30-31-32-33-34-35-36-37-38-39-40-41-42-43-44-45-46-47-48-49-50-51-52-53-54-55-56-57-63-58-64(69)71-61-66(59-67,60-68)62-72-65(63)70/h13-14,63,67-68H,2-12,15-62H2,1H3/b14-13+. The van der Waals surface area contributed by atoms with Gasteiger partial charge in [-0.15, -0.1) is 0 Å². The van der Waals surface area contributed by atoms with Crippen molar-refractivity contribution in [3.05, 3.63) is 12.2 Å². The molecule has 0 aromatic rings. The number of aliphatic hydroxyl groups is 2. The van der Waals surface area contributed by atoms with Crippen LogP contribution in [0.5, 0.6) is 0 Å². The first-order chi connectivity index (χ1) is 35.6. The topological polar surface area (TPSA) is 93.1 Å². The Hall–Kier alpha value is -1.40. The number of carbonyl (C=O) groups excluding carboxylic acids is 2. The zero-order valence-electron chi connectivity index (χ0n) is 48.5. The van der Waals surface area contributed by atoms with Crippen LogP contribution in [0.1, 0.15) is 360 Å². The molecule has 1 fully saturated rings. The predicted molar refractivity (Wildman–Crippen MR) is 311 cm³/mol. The molecule has 0 saturated carbocycles. The third-order valence-corrected chi connectivity index (χ3v) is 16.3. The van der Waals surface area contributed by atoms with Crippen LogP contribution in [0.3, 0.4) is 0 Å². The molecule has 6 heteroatoms. The molecule has 1 atom stereocenters. The highest BCUT2D eigenvalue weighted by Crippen LogP contribution is 2.25. The van der Waals surface area contributed by atoms with E-state index in [9.17, 15) is 19.8 Å². The highest BCUT2D eigenvalue weighted by atomic mass is 16.6. The summed E-state index contributed by atoms with van der Waals surface area (Å²) in [4.78, 5) is 24.7. The number of allylic oxidation sites excluding steroid dienone is 2. The van der Waals surface area contributed by atoms with E-state index in [0.29, 0.717) is 6.42 Å². The average molecular weight is 1020 g/mol. The van der Waals surface area contributed by atoms with E-state index in [4.69, 9.17) is 9.47 Å². The van der Waals surface area contributed by atoms with Gasteiger partial charge in [-0.3, -0.25) is 9.59 Å². The summed E-state index contributed by atoms with van der Waals surface area (Å²) in [6.07, 6.45) is 80.1. The number of esters is 2. The first-order valence-electron chi connectivity index (χ1n) is 32.8. The van der Waals surface area contributed by atoms with Gasteiger partial charge in [0.1, 0.15) is 13.2 Å². The summed E-state index contributed by atoms with van der Waals surface area (Å²) >= 11 is 0. The fourth-order valence-electron chi connectivity index (χ4n) is 10.9. The molecule has 2 N–H and O–H groups in total. The highest BCUT2D eigenvalue weighted by Gasteiger charge is 2.36. The van der Waals surface area contributed by atoms with Gasteiger partial charge in [0, 0.05) is 0 Å². The lowest BCUT2D eigenvalue weighted by molar-refractivity contribution is -0.155. The third kappa shape index (κ3) is 47.1. The van der Waals surface area contributed by atoms with Gasteiger partial charge in [-0.2, -0.15) is 0 Å². The maximum atomic E-state index is 12.5. The Bertz CT molecular complexity index is 1130. The number of aliphatic hydroxyl groups excluding tert-OH is 2. The number of hydrogen-bond donors (Lipinski definition) is 2. The number of carbonyl (C=O) groups is 2. The van der Waals surface area contributed by atoms with E-state index in [1.165, 1.54) is 321 Å². The van der Waals surface area contributed by atoms with Crippen molar-refractivity contribution < 1.29 is 29.3 Å². The van der Waals surface area contributed by atoms with Crippen LogP contribution in [0.25, 0.3) is 0 Å². The van der Waals surface area contributed by atoms with Crippen LogP contribution in [0.2, 0.25) is 0 Å². The van der Waals surface area contributed by atoms with Crippen LogP contribution in [0.15, 0.2) is 12.2 Å². The smallest absolute Gasteiger partial charge is 0.309 e. The Kier molecular flexibility index (Phi) is 53.2. The molecule has 0 amide bonds. The zero-order valence-corrected chi connectivity index (χ0v) is 48.5. The minimum absolute atomic E-state index is 0.00512. The summed E-state index contributed by atoms with van der Waals surface area (Å²) in [7, 11) is 0. The van der Waals surface area contributed by atoms with Gasteiger partial charge in [0.25, 0.3) is 0 Å². The first kappa shape index (κ1) is 68.6. The van der Waals surface area contributed by atoms with Crippen molar-refractivity contribution in [3.8, 4) is 0 Å². The van der Waals surface area contributed by atoms with Gasteiger partial charge < -0.3 is 19.7 Å². The average Bonchev–Trinajstić information content (AvgIpc) is 3.45. The van der Waals surface area contributed by atoms with Crippen molar-refractivity contribution in [2.45, 2.75) is 360 Å². The van der Waals surface area contributed by atoms with Crippen LogP contribution in [-0.2, 0) is 19.1 Å². The Balaban J connectivity index is 1.67. The van der Waals surface area contributed by atoms with E-state index >= 15 is 0 Å². The molecule has 6 nitrogen and oxygen atoms in total. The fraction of sp³-hybridized carbons (Fsp3) is 0.939. The second kappa shape index (κ2) is 55.8. The van der Waals surface area contributed by atoms with Crippen LogP contribution in [0.4, 0.5) is 0 Å². The summed E-state index contributed by atoms with van der Waals surface area (Å²) in [5.41, 5.74) is -1.12. The minimum atomic E-state index is -1.12. The molecule has 1 aliphatic heterocycles. The summed E-state index contributed by atoms with van der Waals surface area (Å²) in [5, 5.41) is 19.2. The second-order valence-electron chi connectivity index (χ2n) is 23.5. The fourth-order valence-corrected chi connectivity index (χ4v) is 10.9. The molecule has 1 unspecified atom stereocenters. The Morgan fingerprint density at radius 3 is 0.861 bits per heavy atom. The Morgan fingerprint density at radius 1 is 0.361 bits per heavy atom. The lowest BCUT2D eigenvalue weighted by Gasteiger charge is -2.27. The van der Waals surface area contributed by atoms with Crippen molar-refractivity contribution in [1.82, 2.24) is 0 Å². The van der Waals surface area contributed by atoms with Gasteiger partial charge in [-0.05, 0) is 32.1 Å². The molecule has 0 aromatic heterocycles. The number of hydrogen-bond acceptors (Lipinski definition) is 6. The zero-order chi connectivity index (χ0) is 51.8. The summed E-state index contributed by atoms with van der Waals surface area (Å²) in [5.74, 6) is -1.40. The molecule has 72 heavy (non-hydrogen) atoms. The minimum Gasteiger partial charge on any atom is -0.465 e. The number of ether oxygens (including phenoxy) is 2. The van der Waals surface area contributed by atoms with Gasteiger partial charge in [0.15, 0.2) is 0 Å². The molecule has 0 radical (unpaired) electrons. The Morgan fingerprint density at radius 2 is 0.597 bits per heavy atom. The van der Waals surface area contributed by atoms with Crippen molar-refractivity contribution in [2.75, 3.05) is 26.4 Å². The van der Waals surface area contributed by atoms with Gasteiger partial charge >= 0.3 is 11.9 Å². The quantitative estimate of drug-likeness (QED) is 0.0358. The molecule has 1 heterocycles. The SMILES string of the molecule is CCCCCCCCCCCC/C=C/CCCCCCCCCCCCCCCCCCCCCCCCCCCCCCCCCCCCCCCCCCCC1CC(=O)OCC(CO)(CO)COC1=O. The molecule has 1 saturated heterocycles. The normalized spacial score (nSPS) is 15.2. The van der Waals surface area contributed by atoms with Crippen LogP contribution < -0.4 is 0 Å². The number of unbranched alkanes of at least 4 members (excludes halogenated alkanes) is 51. The van der Waals surface area contributed by atoms with E-state index in [2.05, 4.69) is 19.1 Å². The Labute approximate surface area is 449 Å². The first-order valence-corrected chi connectivity index (χ1v) is 32.8. The van der Waals surface area contributed by atoms with E-state index in [1.54, 1.807) is 0 Å². The van der Waals surface area contributed by atoms with E-state index in [1.807, 2.05) is 0 Å². The summed E-state index contributed by atoms with van der Waals surface area (Å²) < 4.78 is 10.6. The van der Waals surface area contributed by atoms with E-state index < -0.39 is 36.5 Å². The molecular formula is C66H126O6. The second-order valence-corrected chi connectivity index (χ2v) is 23.5. The third-order valence-electron chi connectivity index (χ3n) is 16.3. The van der Waals surface area contributed by atoms with Crippen molar-refractivity contribution >= 4 is 11.9 Å². The largest absolute Gasteiger partial charge is 0.465 e. The van der Waals surface area contributed by atoms with E-state index in [0.717, 1.165) is 19.3 Å². The van der Waals surface area contributed by atoms with Crippen molar-refractivity contribution in [1.29, 1.82) is 0 Å². The molecule has 426 valence electrons. The van der Waals surface area contributed by atoms with Crippen molar-refractivity contribution in [2.24, 2.45) is 11.3 Å². The van der Waals surface area contributed by atoms with E-state index in [-0.39, 0.29) is 19.6 Å². The van der Waals surface area contributed by atoms with Crippen LogP contribution in [-0.4, -0.2) is 48.6 Å². The van der Waals surface area contributed by atoms with Gasteiger partial charge in [-0.25, -0.2) is 0 Å². The summed E-state index contributed by atoms with van der Waals surface area (Å²) in [6, 6.07) is 0. The molecule has 0 spiro atoms. The molecule has 1 aliphatic rings. The van der Waals surface area contributed by atoms with Crippen LogP contribution >= 0.6 is 0 Å². The van der Waals surface area contributed by atoms with Gasteiger partial charge in [0.05, 0.1) is 31.0 Å². The number of rotatable bonds is 57. The monoisotopic (exact) mass is 1010 g/mol. The maximum absolute atomic E-state index is 12.5. The molecule has 0 aliphatic carbocycles. The van der Waals surface area contributed by atoms with Gasteiger partial charge in [0.2, 0.25) is 0 Å². The lowest BCUT2D eigenvalue weighted by atomic mass is 9.92. The maximum Gasteiger partial charge on any atom is 0.309 e. The predicted octanol–water partition coefficient (Wildman–Crippen LogP) is 20.7.